The zero-order valence-corrected chi connectivity index (χ0v) is 20.0. The molecule has 0 aromatic carbocycles. The second-order valence-corrected chi connectivity index (χ2v) is 9.54. The molecule has 2 aliphatic carbocycles. The first kappa shape index (κ1) is 23.9. The summed E-state index contributed by atoms with van der Waals surface area (Å²) in [6.45, 7) is 1.68. The number of fused-ring (bicyclic) bond motifs is 1. The summed E-state index contributed by atoms with van der Waals surface area (Å²) in [6, 6.07) is 3.43. The molecular formula is C24H30FN9O2. The number of hydrogen-bond donors (Lipinski definition) is 5. The Morgan fingerprint density at radius 2 is 1.75 bits per heavy atom. The molecule has 3 aromatic heterocycles. The van der Waals surface area contributed by atoms with E-state index in [1.165, 1.54) is 23.0 Å². The molecule has 2 aliphatic rings. The van der Waals surface area contributed by atoms with E-state index >= 15 is 0 Å². The molecule has 2 amide bonds. The average Bonchev–Trinajstić information content (AvgIpc) is 3.57. The minimum absolute atomic E-state index is 0.0310. The predicted molar refractivity (Wildman–Crippen MR) is 133 cm³/mol. The van der Waals surface area contributed by atoms with Crippen LogP contribution in [0, 0.1) is 5.82 Å². The van der Waals surface area contributed by atoms with Gasteiger partial charge in [0.25, 0.3) is 5.91 Å². The van der Waals surface area contributed by atoms with Gasteiger partial charge < -0.3 is 27.0 Å². The van der Waals surface area contributed by atoms with E-state index in [0.29, 0.717) is 17.5 Å². The van der Waals surface area contributed by atoms with Gasteiger partial charge in [-0.3, -0.25) is 14.6 Å². The van der Waals surface area contributed by atoms with Crippen LogP contribution in [0.2, 0.25) is 0 Å². The normalized spacial score (nSPS) is 20.5. The molecule has 5 rings (SSSR count). The quantitative estimate of drug-likeness (QED) is 0.319. The molecule has 0 aliphatic heterocycles. The lowest BCUT2D eigenvalue weighted by Crippen LogP contribution is -2.46. The fourth-order valence-corrected chi connectivity index (χ4v) is 4.33. The lowest BCUT2D eigenvalue weighted by molar-refractivity contribution is -0.122. The Morgan fingerprint density at radius 1 is 1.06 bits per heavy atom. The first-order valence-corrected chi connectivity index (χ1v) is 12.3. The van der Waals surface area contributed by atoms with E-state index in [-0.39, 0.29) is 29.4 Å². The maximum atomic E-state index is 14.0. The van der Waals surface area contributed by atoms with Crippen molar-refractivity contribution in [1.29, 1.82) is 0 Å². The van der Waals surface area contributed by atoms with Crippen LogP contribution in [0.4, 0.5) is 21.6 Å². The monoisotopic (exact) mass is 495 g/mol. The van der Waals surface area contributed by atoms with Gasteiger partial charge in [0, 0.05) is 30.4 Å². The standard InChI is InChI=1S/C24H30FN9O2/c1-13(26)23(35)31-16-6-4-15(5-7-16)30-21-10-19(29-14-2-3-14)22-28-12-20(34(22)33-21)24(36)32-18-8-9-27-11-17(18)25/h8-16,29H,2-7,26H2,1H3,(H,30,33)(H,31,35)(H,27,32,36)/t13-,15-,16-/m0/s1. The number of anilines is 3. The molecule has 2 saturated carbocycles. The molecule has 190 valence electrons. The number of hydrogen-bond acceptors (Lipinski definition) is 8. The summed E-state index contributed by atoms with van der Waals surface area (Å²) in [5, 5.41) is 17.2. The van der Waals surface area contributed by atoms with Crippen molar-refractivity contribution in [3.05, 3.63) is 42.2 Å². The number of carbonyl (C=O) groups excluding carboxylic acids is 2. The summed E-state index contributed by atoms with van der Waals surface area (Å²) in [7, 11) is 0. The molecule has 36 heavy (non-hydrogen) atoms. The Kier molecular flexibility index (Phi) is 6.68. The molecule has 3 heterocycles. The van der Waals surface area contributed by atoms with Crippen LogP contribution in [-0.4, -0.2) is 55.6 Å². The molecular weight excluding hydrogens is 465 g/mol. The van der Waals surface area contributed by atoms with Crippen molar-refractivity contribution in [2.75, 3.05) is 16.0 Å². The summed E-state index contributed by atoms with van der Waals surface area (Å²) >= 11 is 0. The average molecular weight is 496 g/mol. The molecule has 1 atom stereocenters. The minimum atomic E-state index is -0.626. The van der Waals surface area contributed by atoms with Crippen LogP contribution >= 0.6 is 0 Å². The van der Waals surface area contributed by atoms with Crippen LogP contribution in [0.3, 0.4) is 0 Å². The zero-order chi connectivity index (χ0) is 25.2. The van der Waals surface area contributed by atoms with E-state index < -0.39 is 17.8 Å². The van der Waals surface area contributed by atoms with Crippen molar-refractivity contribution in [1.82, 2.24) is 24.9 Å². The van der Waals surface area contributed by atoms with E-state index in [1.54, 1.807) is 6.92 Å². The molecule has 0 spiro atoms. The van der Waals surface area contributed by atoms with Gasteiger partial charge in [0.1, 0.15) is 5.82 Å². The van der Waals surface area contributed by atoms with Gasteiger partial charge in [0.15, 0.2) is 17.2 Å². The molecule has 12 heteroatoms. The third kappa shape index (κ3) is 5.38. The van der Waals surface area contributed by atoms with E-state index in [2.05, 4.69) is 36.3 Å². The van der Waals surface area contributed by atoms with Gasteiger partial charge in [-0.2, -0.15) is 0 Å². The highest BCUT2D eigenvalue weighted by Gasteiger charge is 2.26. The van der Waals surface area contributed by atoms with E-state index in [1.807, 2.05) is 6.07 Å². The van der Waals surface area contributed by atoms with Crippen molar-refractivity contribution in [2.45, 2.75) is 69.6 Å². The maximum absolute atomic E-state index is 14.0. The molecule has 0 unspecified atom stereocenters. The number of pyridine rings is 1. The minimum Gasteiger partial charge on any atom is -0.379 e. The Morgan fingerprint density at radius 3 is 2.44 bits per heavy atom. The molecule has 0 bridgehead atoms. The molecule has 11 nitrogen and oxygen atoms in total. The van der Waals surface area contributed by atoms with Crippen LogP contribution in [-0.2, 0) is 4.79 Å². The van der Waals surface area contributed by atoms with Gasteiger partial charge in [-0.05, 0) is 51.5 Å². The van der Waals surface area contributed by atoms with Crippen molar-refractivity contribution >= 4 is 34.7 Å². The van der Waals surface area contributed by atoms with Crippen molar-refractivity contribution in [3.63, 3.8) is 0 Å². The first-order valence-electron chi connectivity index (χ1n) is 12.3. The van der Waals surface area contributed by atoms with Gasteiger partial charge in [-0.25, -0.2) is 13.9 Å². The van der Waals surface area contributed by atoms with Crippen LogP contribution < -0.4 is 27.0 Å². The number of nitrogens with one attached hydrogen (secondary N) is 4. The summed E-state index contributed by atoms with van der Waals surface area (Å²) < 4.78 is 15.5. The number of aromatic nitrogens is 4. The number of carbonyl (C=O) groups is 2. The third-order valence-electron chi connectivity index (χ3n) is 6.50. The molecule has 6 N–H and O–H groups in total. The Labute approximate surface area is 207 Å². The topological polar surface area (TPSA) is 151 Å². The van der Waals surface area contributed by atoms with Gasteiger partial charge in [-0.15, -0.1) is 5.10 Å². The van der Waals surface area contributed by atoms with Crippen LogP contribution in [0.1, 0.15) is 55.9 Å². The highest BCUT2D eigenvalue weighted by atomic mass is 19.1. The van der Waals surface area contributed by atoms with Crippen molar-refractivity contribution in [3.8, 4) is 0 Å². The Bertz CT molecular complexity index is 1270. The maximum Gasteiger partial charge on any atom is 0.276 e. The number of amides is 2. The summed E-state index contributed by atoms with van der Waals surface area (Å²) in [6.07, 6.45) is 9.41. The molecule has 2 fully saturated rings. The molecule has 0 saturated heterocycles. The van der Waals surface area contributed by atoms with Gasteiger partial charge in [0.05, 0.1) is 29.8 Å². The van der Waals surface area contributed by atoms with Gasteiger partial charge in [-0.1, -0.05) is 0 Å². The Hall–Kier alpha value is -3.80. The van der Waals surface area contributed by atoms with Crippen LogP contribution in [0.25, 0.3) is 5.65 Å². The highest BCUT2D eigenvalue weighted by molar-refractivity contribution is 6.03. The molecule has 3 aromatic rings. The summed E-state index contributed by atoms with van der Waals surface area (Å²) in [5.74, 6) is -0.679. The fraction of sp³-hybridized carbons (Fsp3) is 0.458. The fourth-order valence-electron chi connectivity index (χ4n) is 4.33. The lowest BCUT2D eigenvalue weighted by atomic mass is 9.91. The van der Waals surface area contributed by atoms with Crippen LogP contribution in [0.5, 0.6) is 0 Å². The molecule has 0 radical (unpaired) electrons. The smallest absolute Gasteiger partial charge is 0.276 e. The van der Waals surface area contributed by atoms with Gasteiger partial charge >= 0.3 is 0 Å². The largest absolute Gasteiger partial charge is 0.379 e. The van der Waals surface area contributed by atoms with Gasteiger partial charge in [0.2, 0.25) is 5.91 Å². The number of rotatable bonds is 8. The van der Waals surface area contributed by atoms with E-state index in [0.717, 1.165) is 50.4 Å². The second-order valence-electron chi connectivity index (χ2n) is 9.54. The first-order chi connectivity index (χ1) is 17.4. The van der Waals surface area contributed by atoms with Crippen molar-refractivity contribution < 1.29 is 14.0 Å². The lowest BCUT2D eigenvalue weighted by Gasteiger charge is -2.30. The highest BCUT2D eigenvalue weighted by Crippen LogP contribution is 2.30. The van der Waals surface area contributed by atoms with E-state index in [9.17, 15) is 14.0 Å². The van der Waals surface area contributed by atoms with E-state index in [4.69, 9.17) is 5.73 Å². The zero-order valence-electron chi connectivity index (χ0n) is 20.0. The second kappa shape index (κ2) is 10.1. The van der Waals surface area contributed by atoms with Crippen molar-refractivity contribution in [2.24, 2.45) is 5.73 Å². The number of imidazole rings is 1. The predicted octanol–water partition coefficient (Wildman–Crippen LogP) is 2.28. The summed E-state index contributed by atoms with van der Waals surface area (Å²) in [4.78, 5) is 33.0. The number of nitrogens with two attached hydrogens (primary N) is 1. The third-order valence-corrected chi connectivity index (χ3v) is 6.50. The SMILES string of the molecule is C[C@H](N)C(=O)N[C@H]1CC[C@H](Nc2cc(NC3CC3)c3ncc(C(=O)Nc4ccncc4F)n3n2)CC1. The number of nitrogens with zero attached hydrogens (tertiary/aromatic N) is 4. The summed E-state index contributed by atoms with van der Waals surface area (Å²) in [5.41, 5.74) is 7.18. The van der Waals surface area contributed by atoms with Crippen LogP contribution in [0.15, 0.2) is 30.7 Å². The number of halogens is 1. The Balaban J connectivity index is 1.34.